The van der Waals surface area contributed by atoms with Crippen molar-refractivity contribution in [3.63, 3.8) is 0 Å². The standard InChI is InChI=1S/C21H25N7O3/c1-11-14-6-7-28(10-16-25-17(29-4)8-18(26-16)30-5)21(14)20(12(2)19(11)22)23-9-15-24-13(3)31-27-15/h6-8,19,23H,1,9-10,22H2,2-5H3. The molecule has 0 saturated carbocycles. The Bertz CT molecular complexity index is 1140. The van der Waals surface area contributed by atoms with E-state index in [1.165, 1.54) is 0 Å². The van der Waals surface area contributed by atoms with E-state index in [0.29, 0.717) is 42.4 Å². The van der Waals surface area contributed by atoms with Crippen molar-refractivity contribution in [2.45, 2.75) is 33.0 Å². The normalized spacial score (nSPS) is 15.8. The highest BCUT2D eigenvalue weighted by molar-refractivity contribution is 5.87. The highest BCUT2D eigenvalue weighted by atomic mass is 16.5. The fraction of sp³-hybridized carbons (Fsp3) is 0.333. The average molecular weight is 423 g/mol. The van der Waals surface area contributed by atoms with Crippen molar-refractivity contribution in [1.82, 2.24) is 30.0 Å². The Labute approximate surface area is 179 Å². The molecule has 10 nitrogen and oxygen atoms in total. The Kier molecular flexibility index (Phi) is 5.47. The van der Waals surface area contributed by atoms with E-state index in [2.05, 4.69) is 32.0 Å². The molecule has 3 N–H and O–H groups in total. The molecule has 0 aliphatic heterocycles. The van der Waals surface area contributed by atoms with Crippen LogP contribution in [0, 0.1) is 6.92 Å². The summed E-state index contributed by atoms with van der Waals surface area (Å²) in [6.07, 6.45) is 1.97. The third kappa shape index (κ3) is 3.89. The number of ether oxygens (including phenoxy) is 2. The third-order valence-electron chi connectivity index (χ3n) is 5.23. The lowest BCUT2D eigenvalue weighted by Crippen LogP contribution is -2.31. The Morgan fingerprint density at radius 1 is 1.16 bits per heavy atom. The summed E-state index contributed by atoms with van der Waals surface area (Å²) in [5.41, 5.74) is 11.1. The number of hydrogen-bond donors (Lipinski definition) is 2. The van der Waals surface area contributed by atoms with Crippen LogP contribution in [0.1, 0.15) is 35.7 Å². The topological polar surface area (TPSA) is 126 Å². The predicted molar refractivity (Wildman–Crippen MR) is 114 cm³/mol. The minimum atomic E-state index is -0.286. The Morgan fingerprint density at radius 3 is 2.48 bits per heavy atom. The van der Waals surface area contributed by atoms with E-state index in [9.17, 15) is 0 Å². The zero-order chi connectivity index (χ0) is 22.1. The lowest BCUT2D eigenvalue weighted by atomic mass is 9.87. The maximum Gasteiger partial charge on any atom is 0.223 e. The Hall–Kier alpha value is -3.66. The van der Waals surface area contributed by atoms with Gasteiger partial charge in [0.2, 0.25) is 17.7 Å². The second-order valence-electron chi connectivity index (χ2n) is 7.22. The summed E-state index contributed by atoms with van der Waals surface area (Å²) in [6.45, 7) is 8.76. The smallest absolute Gasteiger partial charge is 0.223 e. The quantitative estimate of drug-likeness (QED) is 0.586. The first-order valence-corrected chi connectivity index (χ1v) is 9.75. The van der Waals surface area contributed by atoms with E-state index >= 15 is 0 Å². The van der Waals surface area contributed by atoms with E-state index in [-0.39, 0.29) is 6.04 Å². The number of methoxy groups -OCH3 is 2. The molecule has 0 radical (unpaired) electrons. The van der Waals surface area contributed by atoms with Crippen molar-refractivity contribution in [1.29, 1.82) is 0 Å². The molecule has 3 aromatic rings. The molecule has 0 bridgehead atoms. The number of aryl methyl sites for hydroxylation is 1. The van der Waals surface area contributed by atoms with Crippen LogP contribution in [0.3, 0.4) is 0 Å². The van der Waals surface area contributed by atoms with Crippen molar-refractivity contribution in [3.8, 4) is 11.8 Å². The second kappa shape index (κ2) is 8.23. The van der Waals surface area contributed by atoms with Gasteiger partial charge in [-0.15, -0.1) is 0 Å². The van der Waals surface area contributed by atoms with Gasteiger partial charge < -0.3 is 29.6 Å². The number of fused-ring (bicyclic) bond motifs is 1. The fourth-order valence-corrected chi connectivity index (χ4v) is 3.60. The summed E-state index contributed by atoms with van der Waals surface area (Å²) in [6, 6.07) is 3.35. The molecule has 0 fully saturated rings. The highest BCUT2D eigenvalue weighted by Crippen LogP contribution is 2.36. The van der Waals surface area contributed by atoms with Crippen LogP contribution in [0.25, 0.3) is 11.3 Å². The number of aromatic nitrogens is 5. The van der Waals surface area contributed by atoms with Gasteiger partial charge in [-0.2, -0.15) is 15.0 Å². The minimum absolute atomic E-state index is 0.286. The molecule has 10 heteroatoms. The maximum atomic E-state index is 6.42. The van der Waals surface area contributed by atoms with Crippen molar-refractivity contribution in [3.05, 3.63) is 59.3 Å². The largest absolute Gasteiger partial charge is 0.481 e. The number of nitrogens with zero attached hydrogens (tertiary/aromatic N) is 5. The van der Waals surface area contributed by atoms with Gasteiger partial charge in [0.1, 0.15) is 0 Å². The van der Waals surface area contributed by atoms with E-state index < -0.39 is 0 Å². The van der Waals surface area contributed by atoms with Crippen LogP contribution >= 0.6 is 0 Å². The fourth-order valence-electron chi connectivity index (χ4n) is 3.60. The van der Waals surface area contributed by atoms with Crippen molar-refractivity contribution in [2.24, 2.45) is 5.73 Å². The van der Waals surface area contributed by atoms with E-state index in [4.69, 9.17) is 19.7 Å². The maximum absolute atomic E-state index is 6.42. The number of hydrogen-bond acceptors (Lipinski definition) is 9. The molecule has 0 spiro atoms. The van der Waals surface area contributed by atoms with E-state index in [1.54, 1.807) is 27.2 Å². The van der Waals surface area contributed by atoms with Gasteiger partial charge in [0.25, 0.3) is 0 Å². The Balaban J connectivity index is 1.70. The monoisotopic (exact) mass is 423 g/mol. The molecule has 162 valence electrons. The van der Waals surface area contributed by atoms with Gasteiger partial charge in [0, 0.05) is 18.7 Å². The number of nitrogens with two attached hydrogens (primary N) is 1. The van der Waals surface area contributed by atoms with Crippen LogP contribution in [-0.4, -0.2) is 44.9 Å². The van der Waals surface area contributed by atoms with Gasteiger partial charge in [-0.1, -0.05) is 11.7 Å². The highest BCUT2D eigenvalue weighted by Gasteiger charge is 2.29. The molecule has 1 unspecified atom stereocenters. The molecular weight excluding hydrogens is 398 g/mol. The van der Waals surface area contributed by atoms with Crippen LogP contribution in [-0.2, 0) is 13.1 Å². The van der Waals surface area contributed by atoms with Gasteiger partial charge in [-0.3, -0.25) is 0 Å². The first-order valence-electron chi connectivity index (χ1n) is 9.75. The minimum Gasteiger partial charge on any atom is -0.481 e. The molecular formula is C21H25N7O3. The zero-order valence-electron chi connectivity index (χ0n) is 18.0. The molecule has 4 rings (SSSR count). The first kappa shape index (κ1) is 20.6. The molecule has 31 heavy (non-hydrogen) atoms. The van der Waals surface area contributed by atoms with Crippen LogP contribution < -0.4 is 20.5 Å². The SMILES string of the molecule is C=C1c2ccn(Cc3nc(OC)cc(OC)n3)c2C(NCc2noc(C)n2)=C(C)C1N. The zero-order valence-corrected chi connectivity index (χ0v) is 18.0. The number of rotatable bonds is 7. The lowest BCUT2D eigenvalue weighted by molar-refractivity contribution is 0.367. The van der Waals surface area contributed by atoms with Crippen LogP contribution in [0.2, 0.25) is 0 Å². The summed E-state index contributed by atoms with van der Waals surface area (Å²) >= 11 is 0. The molecule has 3 aromatic heterocycles. The van der Waals surface area contributed by atoms with Gasteiger partial charge in [-0.05, 0) is 24.1 Å². The summed E-state index contributed by atoms with van der Waals surface area (Å²) in [7, 11) is 3.12. The van der Waals surface area contributed by atoms with Gasteiger partial charge in [0.15, 0.2) is 11.6 Å². The van der Waals surface area contributed by atoms with E-state index in [1.807, 2.05) is 23.8 Å². The molecule has 0 aromatic carbocycles. The lowest BCUT2D eigenvalue weighted by Gasteiger charge is -2.28. The third-order valence-corrected chi connectivity index (χ3v) is 5.23. The predicted octanol–water partition coefficient (Wildman–Crippen LogP) is 1.91. The molecule has 0 amide bonds. The summed E-state index contributed by atoms with van der Waals surface area (Å²) in [5, 5.41) is 7.38. The summed E-state index contributed by atoms with van der Waals surface area (Å²) in [4.78, 5) is 13.2. The van der Waals surface area contributed by atoms with Crippen LogP contribution in [0.15, 0.2) is 35.0 Å². The molecule has 3 heterocycles. The molecule has 1 atom stereocenters. The van der Waals surface area contributed by atoms with Crippen LogP contribution in [0.4, 0.5) is 0 Å². The van der Waals surface area contributed by atoms with Crippen molar-refractivity contribution >= 4 is 11.3 Å². The van der Waals surface area contributed by atoms with Crippen LogP contribution in [0.5, 0.6) is 11.8 Å². The second-order valence-corrected chi connectivity index (χ2v) is 7.22. The van der Waals surface area contributed by atoms with Gasteiger partial charge >= 0.3 is 0 Å². The Morgan fingerprint density at radius 2 is 1.87 bits per heavy atom. The van der Waals surface area contributed by atoms with Gasteiger partial charge in [-0.25, -0.2) is 0 Å². The van der Waals surface area contributed by atoms with Crippen molar-refractivity contribution in [2.75, 3.05) is 14.2 Å². The van der Waals surface area contributed by atoms with Crippen molar-refractivity contribution < 1.29 is 14.0 Å². The number of nitrogens with one attached hydrogen (secondary N) is 1. The first-order chi connectivity index (χ1) is 14.9. The average Bonchev–Trinajstić information content (AvgIpc) is 3.38. The molecule has 0 saturated heterocycles. The molecule has 1 aliphatic rings. The summed E-state index contributed by atoms with van der Waals surface area (Å²) < 4.78 is 17.7. The van der Waals surface area contributed by atoms with E-state index in [0.717, 1.165) is 28.1 Å². The summed E-state index contributed by atoms with van der Waals surface area (Å²) in [5.74, 6) is 2.51. The molecule has 1 aliphatic carbocycles. The van der Waals surface area contributed by atoms with Gasteiger partial charge in [0.05, 0.1) is 50.8 Å².